The van der Waals surface area contributed by atoms with E-state index in [-0.39, 0.29) is 0 Å². The molecule has 2 aromatic rings. The molecule has 0 radical (unpaired) electrons. The van der Waals surface area contributed by atoms with Crippen molar-refractivity contribution in [1.29, 1.82) is 0 Å². The Kier molecular flexibility index (Phi) is 3.78. The summed E-state index contributed by atoms with van der Waals surface area (Å²) in [6.07, 6.45) is 6.68. The topological polar surface area (TPSA) is 30.7 Å². The minimum Gasteiger partial charge on any atom is -0.328 e. The highest BCUT2D eigenvalue weighted by Crippen LogP contribution is 2.16. The quantitative estimate of drug-likeness (QED) is 0.749. The summed E-state index contributed by atoms with van der Waals surface area (Å²) in [6, 6.07) is 2.03. The van der Waals surface area contributed by atoms with E-state index >= 15 is 0 Å². The number of pyridine rings is 1. The van der Waals surface area contributed by atoms with E-state index in [4.69, 9.17) is 11.6 Å². The molecule has 4 heteroatoms. The zero-order valence-electron chi connectivity index (χ0n) is 9.49. The maximum absolute atomic E-state index is 5.73. The van der Waals surface area contributed by atoms with Gasteiger partial charge in [-0.2, -0.15) is 0 Å². The molecular formula is C12H16ClN3. The lowest BCUT2D eigenvalue weighted by molar-refractivity contribution is 0.647. The van der Waals surface area contributed by atoms with Crippen molar-refractivity contribution in [1.82, 2.24) is 14.5 Å². The van der Waals surface area contributed by atoms with E-state index in [9.17, 15) is 0 Å². The number of aryl methyl sites for hydroxylation is 2. The number of fused-ring (bicyclic) bond motifs is 1. The van der Waals surface area contributed by atoms with Crippen molar-refractivity contribution in [2.75, 3.05) is 5.88 Å². The summed E-state index contributed by atoms with van der Waals surface area (Å²) in [6.45, 7) is 3.19. The Hall–Kier alpha value is -1.09. The van der Waals surface area contributed by atoms with Crippen LogP contribution in [0.3, 0.4) is 0 Å². The first-order valence-electron chi connectivity index (χ1n) is 5.72. The van der Waals surface area contributed by atoms with Crippen LogP contribution in [0.5, 0.6) is 0 Å². The average Bonchev–Trinajstić information content (AvgIpc) is 2.66. The molecule has 0 N–H and O–H groups in total. The molecular weight excluding hydrogens is 222 g/mol. The molecule has 3 nitrogen and oxygen atoms in total. The van der Waals surface area contributed by atoms with E-state index in [0.717, 1.165) is 37.1 Å². The van der Waals surface area contributed by atoms with Gasteiger partial charge in [0.2, 0.25) is 0 Å². The summed E-state index contributed by atoms with van der Waals surface area (Å²) >= 11 is 5.73. The molecule has 0 aliphatic carbocycles. The van der Waals surface area contributed by atoms with E-state index in [2.05, 4.69) is 21.5 Å². The monoisotopic (exact) mass is 237 g/mol. The molecule has 0 saturated heterocycles. The van der Waals surface area contributed by atoms with Gasteiger partial charge in [-0.1, -0.05) is 6.92 Å². The maximum Gasteiger partial charge on any atom is 0.109 e. The lowest BCUT2D eigenvalue weighted by Gasteiger charge is -2.06. The van der Waals surface area contributed by atoms with Gasteiger partial charge in [-0.25, -0.2) is 4.98 Å². The van der Waals surface area contributed by atoms with Crippen LogP contribution in [0.1, 0.15) is 25.6 Å². The van der Waals surface area contributed by atoms with E-state index in [0.29, 0.717) is 5.88 Å². The first-order chi connectivity index (χ1) is 7.86. The molecule has 0 bridgehead atoms. The molecule has 0 aromatic carbocycles. The number of hydrogen-bond acceptors (Lipinski definition) is 2. The SMILES string of the molecule is CCCn1c(CCCCl)nc2cnccc21. The average molecular weight is 238 g/mol. The second kappa shape index (κ2) is 5.30. The third kappa shape index (κ3) is 2.19. The van der Waals surface area contributed by atoms with Gasteiger partial charge >= 0.3 is 0 Å². The molecule has 0 aliphatic heterocycles. The molecule has 2 aromatic heterocycles. The van der Waals surface area contributed by atoms with Gasteiger partial charge in [0.05, 0.1) is 11.7 Å². The fourth-order valence-electron chi connectivity index (χ4n) is 1.92. The van der Waals surface area contributed by atoms with Crippen LogP contribution < -0.4 is 0 Å². The fraction of sp³-hybridized carbons (Fsp3) is 0.500. The van der Waals surface area contributed by atoms with Crippen LogP contribution in [0.4, 0.5) is 0 Å². The first-order valence-corrected chi connectivity index (χ1v) is 6.25. The van der Waals surface area contributed by atoms with Crippen molar-refractivity contribution in [3.05, 3.63) is 24.3 Å². The van der Waals surface area contributed by atoms with E-state index in [1.165, 1.54) is 5.52 Å². The van der Waals surface area contributed by atoms with Crippen LogP contribution in [-0.2, 0) is 13.0 Å². The van der Waals surface area contributed by atoms with Gasteiger partial charge in [-0.05, 0) is 18.9 Å². The number of halogens is 1. The van der Waals surface area contributed by atoms with Crippen LogP contribution in [0.15, 0.2) is 18.5 Å². The Balaban J connectivity index is 2.41. The van der Waals surface area contributed by atoms with Crippen LogP contribution in [0, 0.1) is 0 Å². The molecule has 0 unspecified atom stereocenters. The second-order valence-electron chi connectivity index (χ2n) is 3.84. The van der Waals surface area contributed by atoms with Gasteiger partial charge in [-0.15, -0.1) is 11.6 Å². The smallest absolute Gasteiger partial charge is 0.109 e. The standard InChI is InChI=1S/C12H16ClN3/c1-2-8-16-11-5-7-14-9-10(11)15-12(16)4-3-6-13/h5,7,9H,2-4,6,8H2,1H3. The molecule has 86 valence electrons. The minimum atomic E-state index is 0.688. The van der Waals surface area contributed by atoms with Crippen LogP contribution in [0.25, 0.3) is 11.0 Å². The van der Waals surface area contributed by atoms with Crippen LogP contribution in [0.2, 0.25) is 0 Å². The maximum atomic E-state index is 5.73. The molecule has 0 amide bonds. The molecule has 0 spiro atoms. The van der Waals surface area contributed by atoms with Gasteiger partial charge in [-0.3, -0.25) is 4.98 Å². The number of rotatable bonds is 5. The zero-order chi connectivity index (χ0) is 11.4. The lowest BCUT2D eigenvalue weighted by Crippen LogP contribution is -2.03. The summed E-state index contributed by atoms with van der Waals surface area (Å²) < 4.78 is 2.28. The highest BCUT2D eigenvalue weighted by molar-refractivity contribution is 6.17. The molecule has 0 atom stereocenters. The Morgan fingerprint density at radius 1 is 1.44 bits per heavy atom. The Bertz CT molecular complexity index is 464. The molecule has 0 fully saturated rings. The van der Waals surface area contributed by atoms with Gasteiger partial charge in [0, 0.05) is 25.0 Å². The first kappa shape index (κ1) is 11.4. The number of alkyl halides is 1. The lowest BCUT2D eigenvalue weighted by atomic mass is 10.3. The van der Waals surface area contributed by atoms with Crippen LogP contribution >= 0.6 is 11.6 Å². The zero-order valence-corrected chi connectivity index (χ0v) is 10.2. The molecule has 2 rings (SSSR count). The summed E-state index contributed by atoms with van der Waals surface area (Å²) in [4.78, 5) is 8.72. The molecule has 0 saturated carbocycles. The van der Waals surface area contributed by atoms with E-state index in [1.807, 2.05) is 18.5 Å². The predicted octanol–water partition coefficient (Wildman–Crippen LogP) is 3.01. The minimum absolute atomic E-state index is 0.688. The summed E-state index contributed by atoms with van der Waals surface area (Å²) in [5.74, 6) is 1.82. The van der Waals surface area contributed by atoms with Crippen LogP contribution in [-0.4, -0.2) is 20.4 Å². The molecule has 0 aliphatic rings. The number of hydrogen-bond donors (Lipinski definition) is 0. The Morgan fingerprint density at radius 2 is 2.31 bits per heavy atom. The normalized spacial score (nSPS) is 11.1. The van der Waals surface area contributed by atoms with Gasteiger partial charge in [0.15, 0.2) is 0 Å². The predicted molar refractivity (Wildman–Crippen MR) is 66.9 cm³/mol. The van der Waals surface area contributed by atoms with Gasteiger partial charge in [0.1, 0.15) is 11.3 Å². The molecule has 16 heavy (non-hydrogen) atoms. The van der Waals surface area contributed by atoms with E-state index in [1.54, 1.807) is 0 Å². The highest BCUT2D eigenvalue weighted by Gasteiger charge is 2.09. The summed E-state index contributed by atoms with van der Waals surface area (Å²) in [5, 5.41) is 0. The van der Waals surface area contributed by atoms with Crippen molar-refractivity contribution >= 4 is 22.6 Å². The van der Waals surface area contributed by atoms with Crippen molar-refractivity contribution in [2.45, 2.75) is 32.7 Å². The number of imidazole rings is 1. The van der Waals surface area contributed by atoms with E-state index < -0.39 is 0 Å². The largest absolute Gasteiger partial charge is 0.328 e. The van der Waals surface area contributed by atoms with Crippen molar-refractivity contribution < 1.29 is 0 Å². The highest BCUT2D eigenvalue weighted by atomic mass is 35.5. The van der Waals surface area contributed by atoms with Crippen molar-refractivity contribution in [2.24, 2.45) is 0 Å². The second-order valence-corrected chi connectivity index (χ2v) is 4.21. The van der Waals surface area contributed by atoms with Crippen molar-refractivity contribution in [3.8, 4) is 0 Å². The summed E-state index contributed by atoms with van der Waals surface area (Å²) in [7, 11) is 0. The number of nitrogens with zero attached hydrogens (tertiary/aromatic N) is 3. The fourth-order valence-corrected chi connectivity index (χ4v) is 2.05. The third-order valence-corrected chi connectivity index (χ3v) is 2.88. The number of aromatic nitrogens is 3. The Labute approximate surface area is 100 Å². The van der Waals surface area contributed by atoms with Gasteiger partial charge < -0.3 is 4.57 Å². The Morgan fingerprint density at radius 3 is 3.06 bits per heavy atom. The molecule has 2 heterocycles. The summed E-state index contributed by atoms with van der Waals surface area (Å²) in [5.41, 5.74) is 2.17. The third-order valence-electron chi connectivity index (χ3n) is 2.61. The van der Waals surface area contributed by atoms with Crippen molar-refractivity contribution in [3.63, 3.8) is 0 Å². The van der Waals surface area contributed by atoms with Gasteiger partial charge in [0.25, 0.3) is 0 Å².